The van der Waals surface area contributed by atoms with Gasteiger partial charge in [0.2, 0.25) is 12.5 Å². The van der Waals surface area contributed by atoms with E-state index in [4.69, 9.17) is 72.8 Å². The summed E-state index contributed by atoms with van der Waals surface area (Å²) in [7, 11) is 5.89. The Morgan fingerprint density at radius 2 is 0.859 bits per heavy atom. The fourth-order valence-corrected chi connectivity index (χ4v) is 19.3. The van der Waals surface area contributed by atoms with Crippen molar-refractivity contribution in [3.8, 4) is 51.8 Å². The zero-order chi connectivity index (χ0) is 98.5. The number of fused-ring (bicyclic) bond motifs is 3. The summed E-state index contributed by atoms with van der Waals surface area (Å²) in [5.41, 5.74) is 8.02. The van der Waals surface area contributed by atoms with E-state index in [1.807, 2.05) is 33.0 Å². The highest BCUT2D eigenvalue weighted by Gasteiger charge is 2.45. The zero-order valence-electron chi connectivity index (χ0n) is 75.0. The number of benzene rings is 3. The molecule has 0 saturated carbocycles. The lowest BCUT2D eigenvalue weighted by Crippen LogP contribution is -2.56. The highest BCUT2D eigenvalue weighted by Crippen LogP contribution is 2.50. The number of nitrogens with two attached hydrogens (primary N) is 3. The van der Waals surface area contributed by atoms with Crippen molar-refractivity contribution < 1.29 is 90.1 Å². The first-order valence-electron chi connectivity index (χ1n) is 42.9. The van der Waals surface area contributed by atoms with Crippen LogP contribution in [0.15, 0.2) is 73.9 Å². The summed E-state index contributed by atoms with van der Waals surface area (Å²) in [6, 6.07) is 5.16. The maximum absolute atomic E-state index is 16.6. The number of pyridine rings is 3. The second-order valence-corrected chi connectivity index (χ2v) is 35.9. The molecule has 3 aromatic carbocycles. The van der Waals surface area contributed by atoms with Crippen molar-refractivity contribution >= 4 is 120 Å². The first-order valence-corrected chi connectivity index (χ1v) is 44.0. The Kier molecular flexibility index (Phi) is 30.0. The highest BCUT2D eigenvalue weighted by atomic mass is 35.5. The molecule has 9 aromatic rings. The van der Waals surface area contributed by atoms with Gasteiger partial charge >= 0.3 is 36.6 Å². The van der Waals surface area contributed by atoms with Crippen LogP contribution in [0.5, 0.6) is 18.0 Å². The van der Waals surface area contributed by atoms with Crippen LogP contribution in [0.4, 0.5) is 96.4 Å². The lowest BCUT2D eigenvalue weighted by atomic mass is 9.99. The fraction of sp³-hybridized carbons (Fsp3) is 0.456. The van der Waals surface area contributed by atoms with Gasteiger partial charge < -0.3 is 70.6 Å². The molecular weight excluding hydrogens is 1860 g/mol. The molecule has 6 aliphatic rings. The van der Waals surface area contributed by atoms with Gasteiger partial charge in [-0.15, -0.1) is 0 Å². The van der Waals surface area contributed by atoms with Gasteiger partial charge in [-0.05, 0) is 159 Å². The Labute approximate surface area is 782 Å². The van der Waals surface area contributed by atoms with Gasteiger partial charge in [-0.2, -0.15) is 69.4 Å². The summed E-state index contributed by atoms with van der Waals surface area (Å²) in [6.45, 7) is 33.1. The van der Waals surface area contributed by atoms with Gasteiger partial charge in [-0.25, -0.2) is 43.5 Å². The van der Waals surface area contributed by atoms with Gasteiger partial charge in [0.1, 0.15) is 77.3 Å². The highest BCUT2D eigenvalue weighted by molar-refractivity contribution is 6.35. The van der Waals surface area contributed by atoms with Crippen LogP contribution in [0.2, 0.25) is 15.1 Å². The number of anilines is 6. The summed E-state index contributed by atoms with van der Waals surface area (Å²) < 4.78 is 223. The molecule has 12 heterocycles. The maximum Gasteiger partial charge on any atom is 0.418 e. The predicted molar refractivity (Wildman–Crippen MR) is 485 cm³/mol. The molecule has 135 heavy (non-hydrogen) atoms. The standard InChI is InChI=1S/C31H32ClF5N8O2.C30H34ClF4N7O2.C29H31ClF5N7O2/c1-15-8-18(43(5)12-15)14-47-30-41-26-20(28(42-30)44-6-7-45(29(46)17(3)33)19(13-44)11-39-4)10-21(32)23(25(26)34)27-24(31(35,36)37)16(2)9-22(38)40-27;1-6-22(43)41-7-8-42(17(4)13-41)28-19-11-20(31)23(27-24(30(33,34)35)16(3)10-21(36)37-27)25(32)26(19)38-29(39-28)44-14-18-9-15(2)12-40(18)5;1-14-10-20(36)37-25(22(14)29(33,34)35)21-19(30)11-18-24(23(21)32)38-28(44-13-17-6-5-7-40(17)4)39-26(18)42-9-8-41(12-15(42)2)27(43)16(3)31/h9-10,15,18-19H,3,6-8,11-14H2,1-2,5H3,(H2,38,40);6,10-11,15,17-18H,1,7-9,12-14H2,2-5H3,(H2,36,37);10-11,15,17H,3,5-9,12-13H2,1-2,4H3,(H2,36,37)/t15-,18+,19+;15-,17+,18+;15-,17-/m110/s1. The third-order valence-electron chi connectivity index (χ3n) is 24.9. The third kappa shape index (κ3) is 21.4. The normalized spacial score (nSPS) is 20.4. The summed E-state index contributed by atoms with van der Waals surface area (Å²) in [4.78, 5) is 94.5. The summed E-state index contributed by atoms with van der Waals surface area (Å²) in [5, 5.41) is -0.749. The number of piperazine rings is 3. The molecule has 0 radical (unpaired) electrons. The molecule has 722 valence electrons. The van der Waals surface area contributed by atoms with Gasteiger partial charge in [-0.1, -0.05) is 68.4 Å². The van der Waals surface area contributed by atoms with Crippen molar-refractivity contribution in [1.82, 2.24) is 74.3 Å². The van der Waals surface area contributed by atoms with E-state index >= 15 is 13.2 Å². The van der Waals surface area contributed by atoms with Crippen LogP contribution in [0, 0.1) is 56.6 Å². The molecule has 45 heteroatoms. The van der Waals surface area contributed by atoms with Crippen LogP contribution < -0.4 is 46.1 Å². The number of hydrogen-bond donors (Lipinski definition) is 3. The molecule has 28 nitrogen and oxygen atoms in total. The number of aromatic nitrogens is 9. The molecule has 6 fully saturated rings. The molecule has 6 aromatic heterocycles. The Hall–Kier alpha value is -11.8. The Bertz CT molecular complexity index is 6200. The van der Waals surface area contributed by atoms with E-state index in [0.717, 1.165) is 63.5 Å². The molecule has 0 spiro atoms. The summed E-state index contributed by atoms with van der Waals surface area (Å²) >= 11 is 19.6. The topological polar surface area (TPSA) is 306 Å². The third-order valence-corrected chi connectivity index (χ3v) is 25.8. The number of likely N-dealkylation sites (N-methyl/N-ethyl adjacent to an activating group) is 3. The molecule has 6 N–H and O–H groups in total. The van der Waals surface area contributed by atoms with E-state index < -0.39 is 127 Å². The van der Waals surface area contributed by atoms with Crippen molar-refractivity contribution in [2.24, 2.45) is 11.8 Å². The van der Waals surface area contributed by atoms with E-state index in [1.165, 1.54) is 54.8 Å². The predicted octanol–water partition coefficient (Wildman–Crippen LogP) is 16.3. The van der Waals surface area contributed by atoms with Crippen LogP contribution in [0.3, 0.4) is 0 Å². The van der Waals surface area contributed by atoms with Crippen LogP contribution >= 0.6 is 34.8 Å². The number of aryl methyl sites for hydroxylation is 3. The molecule has 8 atom stereocenters. The minimum absolute atomic E-state index is 0.00892. The molecule has 3 amide bonds. The number of ether oxygens (including phenoxy) is 3. The molecule has 0 unspecified atom stereocenters. The number of amides is 3. The quantitative estimate of drug-likeness (QED) is 0.0385. The number of nitrogens with zero attached hydrogens (tertiary/aromatic N) is 19. The van der Waals surface area contributed by atoms with Crippen molar-refractivity contribution in [1.29, 1.82) is 0 Å². The van der Waals surface area contributed by atoms with Gasteiger partial charge in [0, 0.05) is 118 Å². The average molecular weight is 1960 g/mol. The van der Waals surface area contributed by atoms with Gasteiger partial charge in [0.25, 0.3) is 11.8 Å². The Balaban J connectivity index is 0.000000172. The SMILES string of the molecule is C=C(F)C(=O)N1CCN(c2nc(OC[C@@H]3CCCN3C)nc3c(F)c(-c4nc(N)cc(C)c4C(F)(F)F)c(Cl)cc23)[C@@H](C)C1.C=CC(=O)N1CCN(c2nc(OC[C@@H]3C[C@@H](C)CN3C)nc3c(F)c(-c4nc(N)cc(C)c4C(F)(F)F)c(Cl)cc23)[C@@H](C)C1.[C-]#[N+]C[C@H]1CN(c2nc(OC[C@@H]3C[C@@H](C)CN3C)nc3c(F)c(-c4nc(N)cc(C)c4C(F)(F)F)c(Cl)cc23)CCN1C(=O)C(=C)F. The average Bonchev–Trinajstić information content (AvgIpc) is 0.873. The fourth-order valence-electron chi connectivity index (χ4n) is 18.5. The van der Waals surface area contributed by atoms with Gasteiger partial charge in [-0.3, -0.25) is 24.2 Å². The van der Waals surface area contributed by atoms with E-state index in [1.54, 1.807) is 21.6 Å². The second kappa shape index (κ2) is 40.3. The number of carbonyl (C=O) groups excluding carboxylic acids is 3. The molecule has 6 saturated heterocycles. The van der Waals surface area contributed by atoms with E-state index in [2.05, 4.69) is 98.0 Å². The number of nitrogen functional groups attached to an aromatic ring is 3. The molecule has 6 aliphatic heterocycles. The molecular formula is C90H97Cl3F14N22O6. The number of carbonyl (C=O) groups is 3. The van der Waals surface area contributed by atoms with Crippen molar-refractivity contribution in [3.63, 3.8) is 0 Å². The first kappa shape index (κ1) is 101. The largest absolute Gasteiger partial charge is 0.462 e. The number of likely N-dealkylation sites (tertiary alicyclic amines) is 3. The first-order chi connectivity index (χ1) is 63.5. The van der Waals surface area contributed by atoms with Crippen molar-refractivity contribution in [3.05, 3.63) is 151 Å². The number of halogens is 17. The molecule has 15 rings (SSSR count). The van der Waals surface area contributed by atoms with E-state index in [9.17, 15) is 62.7 Å². The second-order valence-electron chi connectivity index (χ2n) is 34.7. The lowest BCUT2D eigenvalue weighted by molar-refractivity contribution is -0.138. The molecule has 0 aliphatic carbocycles. The van der Waals surface area contributed by atoms with E-state index in [0.29, 0.717) is 31.5 Å². The lowest BCUT2D eigenvalue weighted by Gasteiger charge is -2.40. The van der Waals surface area contributed by atoms with Crippen LogP contribution in [0.1, 0.15) is 86.8 Å². The number of rotatable bonds is 19. The Morgan fingerprint density at radius 1 is 0.489 bits per heavy atom. The zero-order valence-corrected chi connectivity index (χ0v) is 77.3. The van der Waals surface area contributed by atoms with Crippen LogP contribution in [-0.4, -0.2) is 254 Å². The number of hydrogen-bond acceptors (Lipinski definition) is 24. The van der Waals surface area contributed by atoms with Gasteiger partial charge in [0.05, 0.1) is 65.5 Å². The van der Waals surface area contributed by atoms with E-state index in [-0.39, 0.29) is 208 Å². The minimum Gasteiger partial charge on any atom is -0.462 e. The smallest absolute Gasteiger partial charge is 0.418 e. The summed E-state index contributed by atoms with van der Waals surface area (Å²) in [5.74, 6) is -6.97. The van der Waals surface area contributed by atoms with Crippen LogP contribution in [0.25, 0.3) is 71.3 Å². The van der Waals surface area contributed by atoms with Gasteiger partial charge in [0.15, 0.2) is 29.1 Å². The monoisotopic (exact) mass is 1950 g/mol. The van der Waals surface area contributed by atoms with Crippen LogP contribution in [-0.2, 0) is 32.9 Å². The van der Waals surface area contributed by atoms with Crippen molar-refractivity contribution in [2.45, 2.75) is 129 Å². The summed E-state index contributed by atoms with van der Waals surface area (Å²) in [6.07, 6.45) is -9.85. The maximum atomic E-state index is 16.6. The number of alkyl halides is 9. The minimum atomic E-state index is -4.92. The Morgan fingerprint density at radius 3 is 1.20 bits per heavy atom. The van der Waals surface area contributed by atoms with Crippen molar-refractivity contribution in [2.75, 3.05) is 158 Å². The molecule has 0 bridgehead atoms.